The number of benzene rings is 1. The molecule has 0 bridgehead atoms. The summed E-state index contributed by atoms with van der Waals surface area (Å²) in [4.78, 5) is 6.47. The highest BCUT2D eigenvalue weighted by molar-refractivity contribution is 14.0. The summed E-state index contributed by atoms with van der Waals surface area (Å²) in [5, 5.41) is 6.36. The van der Waals surface area contributed by atoms with Crippen LogP contribution < -0.4 is 10.6 Å². The maximum atomic E-state index is 13.6. The molecule has 0 saturated heterocycles. The van der Waals surface area contributed by atoms with Crippen LogP contribution in [0.25, 0.3) is 0 Å². The Morgan fingerprint density at radius 2 is 1.89 bits per heavy atom. The second-order valence-corrected chi connectivity index (χ2v) is 9.26. The van der Waals surface area contributed by atoms with Gasteiger partial charge in [0.15, 0.2) is 15.8 Å². The molecule has 0 heterocycles. The molecule has 0 unspecified atom stereocenters. The molecule has 0 aliphatic rings. The molecular weight excluding hydrogens is 494 g/mol. The summed E-state index contributed by atoms with van der Waals surface area (Å²) in [7, 11) is 0.598. The molecular formula is C19H34FIN4O2S. The molecule has 0 aromatic heterocycles. The molecule has 1 aromatic rings. The number of nitrogens with zero attached hydrogens (tertiary/aromatic N) is 2. The number of guanidine groups is 1. The molecule has 0 fully saturated rings. The number of rotatable bonds is 10. The normalized spacial score (nSPS) is 12.2. The molecule has 2 N–H and O–H groups in total. The summed E-state index contributed by atoms with van der Waals surface area (Å²) in [6.45, 7) is 6.48. The zero-order chi connectivity index (χ0) is 20.4. The van der Waals surface area contributed by atoms with E-state index in [9.17, 15) is 12.8 Å². The zero-order valence-electron chi connectivity index (χ0n) is 17.5. The van der Waals surface area contributed by atoms with Crippen molar-refractivity contribution in [2.75, 3.05) is 33.4 Å². The van der Waals surface area contributed by atoms with Gasteiger partial charge in [0.2, 0.25) is 0 Å². The van der Waals surface area contributed by atoms with Crippen LogP contribution in [-0.2, 0) is 22.1 Å². The van der Waals surface area contributed by atoms with Crippen LogP contribution in [0.4, 0.5) is 4.39 Å². The van der Waals surface area contributed by atoms with Crippen LogP contribution in [-0.4, -0.2) is 58.8 Å². The molecule has 0 atom stereocenters. The number of unbranched alkanes of at least 4 members (excludes halogenated alkanes) is 1. The Bertz CT molecular complexity index is 727. The van der Waals surface area contributed by atoms with Crippen molar-refractivity contribution in [1.29, 1.82) is 0 Å². The minimum atomic E-state index is -3.19. The smallest absolute Gasteiger partial charge is 0.191 e. The van der Waals surface area contributed by atoms with Gasteiger partial charge in [-0.2, -0.15) is 0 Å². The van der Waals surface area contributed by atoms with Gasteiger partial charge in [0.05, 0.1) is 5.75 Å². The Balaban J connectivity index is 0.00000729. The maximum absolute atomic E-state index is 13.6. The van der Waals surface area contributed by atoms with E-state index in [1.807, 2.05) is 0 Å². The van der Waals surface area contributed by atoms with Crippen LogP contribution >= 0.6 is 24.0 Å². The van der Waals surface area contributed by atoms with Crippen molar-refractivity contribution in [3.63, 3.8) is 0 Å². The average molecular weight is 528 g/mol. The third-order valence-corrected chi connectivity index (χ3v) is 5.20. The van der Waals surface area contributed by atoms with Gasteiger partial charge in [0.25, 0.3) is 0 Å². The van der Waals surface area contributed by atoms with Crippen molar-refractivity contribution in [2.45, 2.75) is 45.0 Å². The van der Waals surface area contributed by atoms with Crippen molar-refractivity contribution in [1.82, 2.24) is 15.5 Å². The van der Waals surface area contributed by atoms with Crippen molar-refractivity contribution in [2.24, 2.45) is 4.99 Å². The van der Waals surface area contributed by atoms with Crippen molar-refractivity contribution in [3.8, 4) is 0 Å². The Labute approximate surface area is 186 Å². The van der Waals surface area contributed by atoms with Gasteiger partial charge in [-0.1, -0.05) is 6.07 Å². The summed E-state index contributed by atoms with van der Waals surface area (Å²) in [6, 6.07) is 4.71. The fourth-order valence-corrected chi connectivity index (χ4v) is 3.38. The van der Waals surface area contributed by atoms with E-state index < -0.39 is 9.84 Å². The molecule has 9 heteroatoms. The summed E-state index contributed by atoms with van der Waals surface area (Å²) in [5.74, 6) is 0.114. The number of sulfone groups is 1. The van der Waals surface area contributed by atoms with E-state index in [0.717, 1.165) is 25.9 Å². The van der Waals surface area contributed by atoms with Crippen LogP contribution in [0, 0.1) is 5.82 Å². The zero-order valence-corrected chi connectivity index (χ0v) is 20.6. The second kappa shape index (κ2) is 13.3. The Morgan fingerprint density at radius 3 is 2.46 bits per heavy atom. The van der Waals surface area contributed by atoms with Gasteiger partial charge in [0.1, 0.15) is 5.82 Å². The third-order valence-electron chi connectivity index (χ3n) is 4.37. The number of nitrogens with one attached hydrogen (secondary N) is 2. The predicted octanol–water partition coefficient (Wildman–Crippen LogP) is 2.77. The van der Waals surface area contributed by atoms with Crippen LogP contribution in [0.2, 0.25) is 0 Å². The first-order valence-corrected chi connectivity index (χ1v) is 11.3. The molecule has 1 rings (SSSR count). The molecule has 0 aliphatic carbocycles. The Morgan fingerprint density at radius 1 is 1.21 bits per heavy atom. The quantitative estimate of drug-likeness (QED) is 0.212. The average Bonchev–Trinajstić information content (AvgIpc) is 2.57. The van der Waals surface area contributed by atoms with E-state index in [1.54, 1.807) is 7.05 Å². The molecule has 0 spiro atoms. The minimum absolute atomic E-state index is 0. The van der Waals surface area contributed by atoms with Crippen molar-refractivity contribution >= 4 is 39.8 Å². The van der Waals surface area contributed by atoms with E-state index >= 15 is 0 Å². The first-order valence-electron chi connectivity index (χ1n) is 9.22. The fourth-order valence-electron chi connectivity index (χ4n) is 2.53. The summed E-state index contributed by atoms with van der Waals surface area (Å²) in [5.41, 5.74) is 1.21. The molecule has 0 saturated carbocycles. The lowest BCUT2D eigenvalue weighted by Crippen LogP contribution is -2.37. The monoisotopic (exact) mass is 528 g/mol. The lowest BCUT2D eigenvalue weighted by atomic mass is 10.1. The fraction of sp³-hybridized carbons (Fsp3) is 0.632. The van der Waals surface area contributed by atoms with Crippen LogP contribution in [0.15, 0.2) is 23.2 Å². The highest BCUT2D eigenvalue weighted by Crippen LogP contribution is 2.14. The van der Waals surface area contributed by atoms with Crippen LogP contribution in [0.3, 0.4) is 0 Å². The maximum Gasteiger partial charge on any atom is 0.191 e. The van der Waals surface area contributed by atoms with E-state index in [2.05, 4.69) is 41.4 Å². The van der Waals surface area contributed by atoms with E-state index in [1.165, 1.54) is 24.5 Å². The molecule has 0 radical (unpaired) electrons. The lowest BCUT2D eigenvalue weighted by Gasteiger charge is -2.20. The minimum Gasteiger partial charge on any atom is -0.356 e. The molecule has 6 nitrogen and oxygen atoms in total. The van der Waals surface area contributed by atoms with Gasteiger partial charge in [0, 0.05) is 32.4 Å². The van der Waals surface area contributed by atoms with E-state index in [0.29, 0.717) is 29.7 Å². The van der Waals surface area contributed by atoms with E-state index in [4.69, 9.17) is 0 Å². The van der Waals surface area contributed by atoms with Crippen molar-refractivity contribution < 1.29 is 12.8 Å². The van der Waals surface area contributed by atoms with Gasteiger partial charge in [-0.15, -0.1) is 24.0 Å². The highest BCUT2D eigenvalue weighted by Gasteiger charge is 2.11. The molecule has 162 valence electrons. The van der Waals surface area contributed by atoms with Crippen LogP contribution in [0.5, 0.6) is 0 Å². The van der Waals surface area contributed by atoms with Gasteiger partial charge >= 0.3 is 0 Å². The molecule has 28 heavy (non-hydrogen) atoms. The Kier molecular flexibility index (Phi) is 12.9. The number of halogens is 2. The van der Waals surface area contributed by atoms with E-state index in [-0.39, 0.29) is 35.5 Å². The Hall–Kier alpha value is -0.940. The molecule has 0 aliphatic heterocycles. The first-order chi connectivity index (χ1) is 12.6. The highest BCUT2D eigenvalue weighted by atomic mass is 127. The third kappa shape index (κ3) is 11.2. The number of aliphatic imine (C=N–C) groups is 1. The summed E-state index contributed by atoms with van der Waals surface area (Å²) >= 11 is 0. The topological polar surface area (TPSA) is 73.8 Å². The van der Waals surface area contributed by atoms with Gasteiger partial charge in [-0.3, -0.25) is 4.99 Å². The van der Waals surface area contributed by atoms with Gasteiger partial charge in [-0.05, 0) is 63.5 Å². The predicted molar refractivity (Wildman–Crippen MR) is 126 cm³/mol. The van der Waals surface area contributed by atoms with Gasteiger partial charge in [-0.25, -0.2) is 12.8 Å². The first kappa shape index (κ1) is 27.1. The van der Waals surface area contributed by atoms with Gasteiger partial charge < -0.3 is 15.5 Å². The second-order valence-electron chi connectivity index (χ2n) is 7.12. The molecule has 0 amide bonds. The number of hydrogen-bond donors (Lipinski definition) is 2. The van der Waals surface area contributed by atoms with Crippen molar-refractivity contribution in [3.05, 3.63) is 35.1 Å². The summed E-state index contributed by atoms with van der Waals surface area (Å²) in [6.07, 6.45) is 3.27. The SMILES string of the molecule is CN=C(NCCCCN(C)C(C)C)NCc1cc(F)ccc1CS(C)(=O)=O.I. The van der Waals surface area contributed by atoms with Crippen LogP contribution in [0.1, 0.15) is 37.8 Å². The standard InChI is InChI=1S/C19H33FN4O2S.HI/c1-15(2)24(4)11-7-6-10-22-19(21-3)23-13-17-12-18(20)9-8-16(17)14-27(5,25)26;/h8-9,12,15H,6-7,10-11,13-14H2,1-5H3,(H2,21,22,23);1H. The molecule has 1 aromatic carbocycles. The number of hydrogen-bond acceptors (Lipinski definition) is 4. The summed E-state index contributed by atoms with van der Waals surface area (Å²) < 4.78 is 36.7. The lowest BCUT2D eigenvalue weighted by molar-refractivity contribution is 0.268. The largest absolute Gasteiger partial charge is 0.356 e.